The number of benzene rings is 1. The quantitative estimate of drug-likeness (QED) is 0.217. The van der Waals surface area contributed by atoms with E-state index in [1.54, 1.807) is 37.6 Å². The van der Waals surface area contributed by atoms with Crippen molar-refractivity contribution in [3.63, 3.8) is 0 Å². The van der Waals surface area contributed by atoms with E-state index in [1.807, 2.05) is 0 Å². The largest absolute Gasteiger partial charge is 0.471 e. The number of amides is 4. The summed E-state index contributed by atoms with van der Waals surface area (Å²) in [6.07, 6.45) is -5.91. The number of hydrogen-bond donors (Lipinski definition) is 3. The normalized spacial score (nSPS) is 32.4. The van der Waals surface area contributed by atoms with Gasteiger partial charge in [0.2, 0.25) is 34.1 Å². The molecule has 1 aromatic heterocycles. The number of sulfonamides is 1. The van der Waals surface area contributed by atoms with Gasteiger partial charge in [0.15, 0.2) is 5.69 Å². The fraction of sp³-hybridized carbons (Fsp3) is 0.632. The Hall–Kier alpha value is -4.59. The summed E-state index contributed by atoms with van der Waals surface area (Å²) in [5.74, 6) is -10.1. The molecule has 0 spiro atoms. The highest BCUT2D eigenvalue weighted by atomic mass is 32.2. The number of carbonyl (C=O) groups excluding carboxylic acids is 4. The maximum Gasteiger partial charge on any atom is 0.408 e. The van der Waals surface area contributed by atoms with Crippen LogP contribution in [0.1, 0.15) is 82.4 Å². The SMILES string of the molecule is [2H][13C]([2H])([2H])C1(S(=O)(=O)NC(=O)[C@@]2(NC(=O)[C@@H]3C[C@@H]4CN3C(=O)[C@H](C(C)(C)C)NC(=O)O[C@@H]3CCC[C@H]3OC/C=C/C(F)(F)c3nc5ccccc5nc3O4)C[C@H]2C(F)F)CC1. The lowest BCUT2D eigenvalue weighted by molar-refractivity contribution is -0.143. The third-order valence-corrected chi connectivity index (χ3v) is 13.1. The second-order valence-corrected chi connectivity index (χ2v) is 18.6. The van der Waals surface area contributed by atoms with Gasteiger partial charge in [-0.1, -0.05) is 39.0 Å². The molecule has 2 aromatic rings. The van der Waals surface area contributed by atoms with Crippen LogP contribution in [0.15, 0.2) is 36.4 Å². The van der Waals surface area contributed by atoms with Gasteiger partial charge in [-0.15, -0.1) is 0 Å². The number of para-hydroxylation sites is 2. The molecule has 316 valence electrons. The van der Waals surface area contributed by atoms with Crippen molar-refractivity contribution in [3.8, 4) is 5.88 Å². The molecule has 0 unspecified atom stereocenters. The molecule has 15 nitrogen and oxygen atoms in total. The van der Waals surface area contributed by atoms with Crippen molar-refractivity contribution in [1.29, 1.82) is 0 Å². The molecule has 2 aliphatic heterocycles. The van der Waals surface area contributed by atoms with Crippen molar-refractivity contribution in [2.45, 2.75) is 126 Å². The number of carbonyl (C=O) groups is 4. The molecule has 3 saturated carbocycles. The maximum atomic E-state index is 16.1. The van der Waals surface area contributed by atoms with E-state index in [0.717, 1.165) is 11.0 Å². The van der Waals surface area contributed by atoms with Crippen LogP contribution in [0.4, 0.5) is 22.4 Å². The zero-order chi connectivity index (χ0) is 44.5. The standard InChI is InChI=1S/C38H46F4N6O9S/c1-35(2,3)28-32(50)48-19-20(17-24(48)30(49)46-37(18-21(37)29(39)40)33(51)47-58(53,54)36(4)14-15-36)56-31-27(43-22-9-5-6-10-23(22)44-31)38(41,42)13-8-16-55-25-11-7-12-26(25)57-34(52)45-28/h5-6,8-10,13,20-21,24-26,28-29H,7,11-12,14-19H2,1-4H3,(H,45,52)(H,46,49)(H,47,51)/b13-8+/t20-,21+,24+,25-,26-,28-,37-/m1/s1/i4+1D3. The lowest BCUT2D eigenvalue weighted by atomic mass is 9.85. The van der Waals surface area contributed by atoms with Gasteiger partial charge in [-0.3, -0.25) is 19.1 Å². The van der Waals surface area contributed by atoms with Crippen LogP contribution in [0.25, 0.3) is 11.0 Å². The summed E-state index contributed by atoms with van der Waals surface area (Å²) >= 11 is 0. The van der Waals surface area contributed by atoms with E-state index in [-0.39, 0.29) is 30.5 Å². The highest BCUT2D eigenvalue weighted by Crippen LogP contribution is 2.49. The molecule has 0 radical (unpaired) electrons. The van der Waals surface area contributed by atoms with Crippen molar-refractivity contribution in [2.24, 2.45) is 11.3 Å². The van der Waals surface area contributed by atoms with Crippen LogP contribution >= 0.6 is 0 Å². The summed E-state index contributed by atoms with van der Waals surface area (Å²) in [6.45, 7) is 0.962. The van der Waals surface area contributed by atoms with Gasteiger partial charge in [0.25, 0.3) is 5.91 Å². The topological polar surface area (TPSA) is 195 Å². The molecule has 7 rings (SSSR count). The first-order valence-corrected chi connectivity index (χ1v) is 20.4. The van der Waals surface area contributed by atoms with E-state index in [0.29, 0.717) is 25.3 Å². The molecule has 58 heavy (non-hydrogen) atoms. The molecular weight excluding hydrogens is 794 g/mol. The van der Waals surface area contributed by atoms with Crippen molar-refractivity contribution in [1.82, 2.24) is 30.2 Å². The maximum absolute atomic E-state index is 16.1. The molecule has 3 N–H and O–H groups in total. The number of fused-ring (bicyclic) bond motifs is 5. The van der Waals surface area contributed by atoms with Crippen LogP contribution in [0.2, 0.25) is 0 Å². The van der Waals surface area contributed by atoms with Gasteiger partial charge in [0.1, 0.15) is 29.8 Å². The highest BCUT2D eigenvalue weighted by molar-refractivity contribution is 7.91. The van der Waals surface area contributed by atoms with E-state index in [4.69, 9.17) is 18.3 Å². The molecule has 1 saturated heterocycles. The van der Waals surface area contributed by atoms with Crippen LogP contribution in [0.3, 0.4) is 0 Å². The lowest BCUT2D eigenvalue weighted by Crippen LogP contribution is -2.60. The van der Waals surface area contributed by atoms with Gasteiger partial charge >= 0.3 is 12.0 Å². The van der Waals surface area contributed by atoms with Crippen molar-refractivity contribution in [2.75, 3.05) is 13.2 Å². The molecule has 2 bridgehead atoms. The van der Waals surface area contributed by atoms with Crippen LogP contribution in [0, 0.1) is 11.3 Å². The third-order valence-electron chi connectivity index (χ3n) is 11.3. The minimum absolute atomic E-state index is 0.0987. The number of nitrogens with zero attached hydrogens (tertiary/aromatic N) is 3. The van der Waals surface area contributed by atoms with Crippen LogP contribution in [-0.4, -0.2) is 107 Å². The number of aromatic nitrogens is 2. The van der Waals surface area contributed by atoms with Gasteiger partial charge in [0.05, 0.1) is 41.0 Å². The van der Waals surface area contributed by atoms with E-state index in [1.165, 1.54) is 12.1 Å². The molecule has 4 amide bonds. The fourth-order valence-electron chi connectivity index (χ4n) is 7.64. The first-order chi connectivity index (χ1) is 28.4. The molecule has 20 heteroatoms. The summed E-state index contributed by atoms with van der Waals surface area (Å²) in [4.78, 5) is 65.5. The van der Waals surface area contributed by atoms with Crippen molar-refractivity contribution < 1.29 is 63.5 Å². The number of hydrogen-bond acceptors (Lipinski definition) is 11. The molecule has 4 fully saturated rings. The van der Waals surface area contributed by atoms with Crippen molar-refractivity contribution in [3.05, 3.63) is 42.1 Å². The Labute approximate surface area is 336 Å². The predicted molar refractivity (Wildman–Crippen MR) is 197 cm³/mol. The third kappa shape index (κ3) is 8.05. The number of halogens is 4. The number of ether oxygens (including phenoxy) is 3. The summed E-state index contributed by atoms with van der Waals surface area (Å²) in [5, 5.41) is 4.81. The Morgan fingerprint density at radius 2 is 1.76 bits per heavy atom. The van der Waals surface area contributed by atoms with Gasteiger partial charge in [0, 0.05) is 10.5 Å². The first-order valence-electron chi connectivity index (χ1n) is 20.4. The van der Waals surface area contributed by atoms with Crippen LogP contribution < -0.4 is 20.1 Å². The molecule has 3 heterocycles. The Balaban J connectivity index is 1.26. The average molecular weight is 843 g/mol. The second kappa shape index (κ2) is 14.9. The molecular formula is C38H46F4N6O9S. The molecule has 5 aliphatic rings. The number of alkyl carbamates (subject to hydrolysis) is 1. The highest BCUT2D eigenvalue weighted by Gasteiger charge is 2.67. The minimum atomic E-state index is -4.99. The smallest absolute Gasteiger partial charge is 0.408 e. The molecule has 1 aromatic carbocycles. The average Bonchev–Trinajstić information content (AvgIpc) is 4.04. The summed E-state index contributed by atoms with van der Waals surface area (Å²) < 4.78 is 127. The number of allylic oxidation sites excluding steroid dienone is 1. The van der Waals surface area contributed by atoms with E-state index in [9.17, 15) is 36.4 Å². The second-order valence-electron chi connectivity index (χ2n) is 16.6. The molecule has 7 atom stereocenters. The number of rotatable bonds is 6. The lowest BCUT2D eigenvalue weighted by Gasteiger charge is -2.35. The van der Waals surface area contributed by atoms with Crippen LogP contribution in [-0.2, 0) is 39.8 Å². The van der Waals surface area contributed by atoms with Gasteiger partial charge in [-0.05, 0) is 69.0 Å². The Kier molecular flexibility index (Phi) is 9.68. The Bertz CT molecular complexity index is 2240. The molecule has 3 aliphatic carbocycles. The number of alkyl halides is 4. The zero-order valence-corrected chi connectivity index (χ0v) is 32.6. The Morgan fingerprint density at radius 1 is 1.07 bits per heavy atom. The summed E-state index contributed by atoms with van der Waals surface area (Å²) in [5.41, 5.74) is -4.28. The van der Waals surface area contributed by atoms with Gasteiger partial charge in [-0.2, -0.15) is 8.78 Å². The zero-order valence-electron chi connectivity index (χ0n) is 34.8. The fourth-order valence-corrected chi connectivity index (χ4v) is 8.90. The minimum Gasteiger partial charge on any atom is -0.471 e. The first kappa shape index (κ1) is 37.7. The van der Waals surface area contributed by atoms with Gasteiger partial charge < -0.3 is 29.7 Å². The predicted octanol–water partition coefficient (Wildman–Crippen LogP) is 3.86. The van der Waals surface area contributed by atoms with Crippen LogP contribution in [0.5, 0.6) is 5.88 Å². The summed E-state index contributed by atoms with van der Waals surface area (Å²) in [6, 6.07) is 3.00. The monoisotopic (exact) mass is 842 g/mol. The Morgan fingerprint density at radius 3 is 2.40 bits per heavy atom. The van der Waals surface area contributed by atoms with E-state index >= 15 is 8.78 Å². The van der Waals surface area contributed by atoms with E-state index in [2.05, 4.69) is 20.6 Å². The number of nitrogens with one attached hydrogen (secondary N) is 3. The van der Waals surface area contributed by atoms with Crippen molar-refractivity contribution >= 4 is 44.9 Å². The van der Waals surface area contributed by atoms with E-state index < -0.39 is 136 Å². The summed E-state index contributed by atoms with van der Waals surface area (Å²) in [7, 11) is -4.99. The van der Waals surface area contributed by atoms with Gasteiger partial charge in [-0.25, -0.2) is 32.0 Å².